The monoisotopic (exact) mass is 334 g/mol. The quantitative estimate of drug-likeness (QED) is 0.928. The first-order valence-electron chi connectivity index (χ1n) is 7.84. The van der Waals surface area contributed by atoms with Crippen molar-refractivity contribution >= 4 is 23.4 Å². The van der Waals surface area contributed by atoms with Gasteiger partial charge < -0.3 is 10.0 Å². The molecule has 1 aliphatic heterocycles. The van der Waals surface area contributed by atoms with Gasteiger partial charge in [-0.3, -0.25) is 0 Å². The molecule has 0 amide bonds. The fraction of sp³-hybridized carbons (Fsp3) is 0.438. The minimum Gasteiger partial charge on any atom is -0.476 e. The van der Waals surface area contributed by atoms with Crippen LogP contribution in [0.1, 0.15) is 43.1 Å². The molecule has 23 heavy (non-hydrogen) atoms. The Kier molecular flexibility index (Phi) is 4.52. The zero-order valence-corrected chi connectivity index (χ0v) is 13.7. The van der Waals surface area contributed by atoms with E-state index in [1.807, 2.05) is 12.1 Å². The largest absolute Gasteiger partial charge is 0.476 e. The molecule has 2 heterocycles. The topological polar surface area (TPSA) is 71.2 Å². The van der Waals surface area contributed by atoms with Crippen LogP contribution in [-0.4, -0.2) is 38.7 Å². The molecule has 1 saturated heterocycles. The number of carbonyl (C=O) groups is 1. The minimum atomic E-state index is -1.07. The van der Waals surface area contributed by atoms with Gasteiger partial charge in [0.15, 0.2) is 5.82 Å². The summed E-state index contributed by atoms with van der Waals surface area (Å²) in [5.41, 5.74) is 0.554. The number of halogens is 1. The molecule has 7 heteroatoms. The van der Waals surface area contributed by atoms with Gasteiger partial charge in [-0.15, -0.1) is 15.0 Å². The summed E-state index contributed by atoms with van der Waals surface area (Å²) in [6, 6.07) is 7.44. The number of hydrogen-bond donors (Lipinski definition) is 1. The molecule has 0 aliphatic carbocycles. The van der Waals surface area contributed by atoms with Crippen molar-refractivity contribution in [1.29, 1.82) is 0 Å². The summed E-state index contributed by atoms with van der Waals surface area (Å²) in [6.45, 7) is 2.92. The van der Waals surface area contributed by atoms with Crippen molar-refractivity contribution in [2.24, 2.45) is 0 Å². The van der Waals surface area contributed by atoms with E-state index < -0.39 is 5.97 Å². The van der Waals surface area contributed by atoms with Crippen LogP contribution >= 0.6 is 11.6 Å². The van der Waals surface area contributed by atoms with Gasteiger partial charge in [-0.1, -0.05) is 30.7 Å². The molecule has 3 rings (SSSR count). The number of piperidine rings is 1. The number of anilines is 1. The molecule has 0 radical (unpaired) electrons. The van der Waals surface area contributed by atoms with E-state index in [2.05, 4.69) is 22.0 Å². The highest BCUT2D eigenvalue weighted by Gasteiger charge is 2.29. The zero-order valence-electron chi connectivity index (χ0n) is 12.9. The predicted octanol–water partition coefficient (Wildman–Crippen LogP) is 3.39. The highest BCUT2D eigenvalue weighted by atomic mass is 35.5. The first-order chi connectivity index (χ1) is 11.1. The summed E-state index contributed by atoms with van der Waals surface area (Å²) >= 11 is 6.18. The molecule has 122 valence electrons. The Morgan fingerprint density at radius 2 is 2.13 bits per heavy atom. The Morgan fingerprint density at radius 1 is 1.35 bits per heavy atom. The molecule has 1 aromatic carbocycles. The van der Waals surface area contributed by atoms with Crippen molar-refractivity contribution in [1.82, 2.24) is 15.0 Å². The van der Waals surface area contributed by atoms with Gasteiger partial charge in [-0.2, -0.15) is 0 Å². The molecule has 1 aliphatic rings. The lowest BCUT2D eigenvalue weighted by Crippen LogP contribution is -2.40. The van der Waals surface area contributed by atoms with E-state index in [4.69, 9.17) is 11.6 Å². The maximum atomic E-state index is 11.6. The number of para-hydroxylation sites is 1. The van der Waals surface area contributed by atoms with E-state index in [1.54, 1.807) is 12.1 Å². The smallest absolute Gasteiger partial charge is 0.360 e. The summed E-state index contributed by atoms with van der Waals surface area (Å²) < 4.78 is 0. The van der Waals surface area contributed by atoms with Crippen molar-refractivity contribution in [2.45, 2.75) is 38.6 Å². The summed E-state index contributed by atoms with van der Waals surface area (Å²) in [5, 5.41) is 18.6. The van der Waals surface area contributed by atoms with E-state index >= 15 is 0 Å². The van der Waals surface area contributed by atoms with Crippen LogP contribution in [0.3, 0.4) is 0 Å². The molecule has 1 atom stereocenters. The Labute approximate surface area is 139 Å². The fourth-order valence-electron chi connectivity index (χ4n) is 3.06. The number of hydrogen-bond acceptors (Lipinski definition) is 4. The van der Waals surface area contributed by atoms with Gasteiger partial charge >= 0.3 is 5.97 Å². The second-order valence-electron chi connectivity index (χ2n) is 5.67. The van der Waals surface area contributed by atoms with Crippen LogP contribution in [0.15, 0.2) is 24.3 Å². The second-order valence-corrected chi connectivity index (χ2v) is 6.08. The lowest BCUT2D eigenvalue weighted by molar-refractivity contribution is 0.0690. The van der Waals surface area contributed by atoms with E-state index in [0.29, 0.717) is 22.6 Å². The van der Waals surface area contributed by atoms with Gasteiger partial charge in [-0.25, -0.2) is 4.79 Å². The minimum absolute atomic E-state index is 0.0229. The molecular weight excluding hydrogens is 316 g/mol. The SMILES string of the molecule is CC[C@H]1CCCCN1c1nn(-c2ccccc2Cl)nc1C(=O)O. The third kappa shape index (κ3) is 3.03. The predicted molar refractivity (Wildman–Crippen MR) is 88.6 cm³/mol. The summed E-state index contributed by atoms with van der Waals surface area (Å²) in [7, 11) is 0. The summed E-state index contributed by atoms with van der Waals surface area (Å²) in [4.78, 5) is 15.0. The third-order valence-corrected chi connectivity index (χ3v) is 4.56. The number of aromatic nitrogens is 3. The van der Waals surface area contributed by atoms with Crippen molar-refractivity contribution in [3.63, 3.8) is 0 Å². The number of aromatic carboxylic acids is 1. The van der Waals surface area contributed by atoms with Crippen LogP contribution in [0.25, 0.3) is 5.69 Å². The van der Waals surface area contributed by atoms with Gasteiger partial charge in [0.05, 0.1) is 5.02 Å². The average Bonchev–Trinajstić information content (AvgIpc) is 3.00. The van der Waals surface area contributed by atoms with Gasteiger partial charge in [0.2, 0.25) is 5.69 Å². The molecule has 6 nitrogen and oxygen atoms in total. The Bertz CT molecular complexity index is 716. The Hall–Kier alpha value is -2.08. The average molecular weight is 335 g/mol. The van der Waals surface area contributed by atoms with Crippen LogP contribution in [-0.2, 0) is 0 Å². The van der Waals surface area contributed by atoms with Crippen LogP contribution in [0.4, 0.5) is 5.82 Å². The lowest BCUT2D eigenvalue weighted by atomic mass is 10.00. The first kappa shape index (κ1) is 15.8. The molecular formula is C16H19ClN4O2. The van der Waals surface area contributed by atoms with Crippen molar-refractivity contribution in [3.05, 3.63) is 35.0 Å². The fourth-order valence-corrected chi connectivity index (χ4v) is 3.27. The normalized spacial score (nSPS) is 18.2. The van der Waals surface area contributed by atoms with Crippen molar-refractivity contribution < 1.29 is 9.90 Å². The molecule has 1 N–H and O–H groups in total. The van der Waals surface area contributed by atoms with Crippen LogP contribution in [0, 0.1) is 0 Å². The number of nitrogens with zero attached hydrogens (tertiary/aromatic N) is 4. The maximum absolute atomic E-state index is 11.6. The molecule has 1 fully saturated rings. The van der Waals surface area contributed by atoms with Gasteiger partial charge in [0.1, 0.15) is 5.69 Å². The number of carboxylic acids is 1. The van der Waals surface area contributed by atoms with Crippen molar-refractivity contribution in [3.8, 4) is 5.69 Å². The summed E-state index contributed by atoms with van der Waals surface area (Å²) in [6.07, 6.45) is 4.21. The lowest BCUT2D eigenvalue weighted by Gasteiger charge is -2.35. The highest BCUT2D eigenvalue weighted by molar-refractivity contribution is 6.32. The second kappa shape index (κ2) is 6.58. The van der Waals surface area contributed by atoms with Crippen LogP contribution < -0.4 is 4.90 Å². The maximum Gasteiger partial charge on any atom is 0.360 e. The standard InChI is InChI=1S/C16H19ClN4O2/c1-2-11-7-5-6-10-20(11)15-14(16(22)23)18-21(19-15)13-9-4-3-8-12(13)17/h3-4,8-9,11H,2,5-7,10H2,1H3,(H,22,23)/t11-/m0/s1. The third-order valence-electron chi connectivity index (χ3n) is 4.24. The van der Waals surface area contributed by atoms with Gasteiger partial charge in [0.25, 0.3) is 0 Å². The Morgan fingerprint density at radius 3 is 2.83 bits per heavy atom. The zero-order chi connectivity index (χ0) is 16.4. The van der Waals surface area contributed by atoms with E-state index in [-0.39, 0.29) is 5.69 Å². The van der Waals surface area contributed by atoms with E-state index in [0.717, 1.165) is 32.2 Å². The first-order valence-corrected chi connectivity index (χ1v) is 8.21. The number of carboxylic acid groups (broad SMARTS) is 1. The van der Waals surface area contributed by atoms with Crippen LogP contribution in [0.2, 0.25) is 5.02 Å². The molecule has 0 unspecified atom stereocenters. The molecule has 0 bridgehead atoms. The molecule has 0 spiro atoms. The van der Waals surface area contributed by atoms with Gasteiger partial charge in [-0.05, 0) is 37.8 Å². The molecule has 1 aromatic heterocycles. The Balaban J connectivity index is 2.06. The van der Waals surface area contributed by atoms with Gasteiger partial charge in [0, 0.05) is 12.6 Å². The van der Waals surface area contributed by atoms with Crippen molar-refractivity contribution in [2.75, 3.05) is 11.4 Å². The molecule has 2 aromatic rings. The van der Waals surface area contributed by atoms with E-state index in [9.17, 15) is 9.90 Å². The number of benzene rings is 1. The summed E-state index contributed by atoms with van der Waals surface area (Å²) in [5.74, 6) is -0.636. The molecule has 0 saturated carbocycles. The van der Waals surface area contributed by atoms with Crippen LogP contribution in [0.5, 0.6) is 0 Å². The van der Waals surface area contributed by atoms with E-state index in [1.165, 1.54) is 4.80 Å². The number of rotatable bonds is 4. The highest BCUT2D eigenvalue weighted by Crippen LogP contribution is 2.28.